The van der Waals surface area contributed by atoms with Crippen LogP contribution < -0.4 is 16.0 Å². The molecule has 1 saturated carbocycles. The summed E-state index contributed by atoms with van der Waals surface area (Å²) >= 11 is 6.54. The van der Waals surface area contributed by atoms with Crippen molar-refractivity contribution in [2.75, 3.05) is 44.7 Å². The van der Waals surface area contributed by atoms with E-state index in [1.165, 1.54) is 6.20 Å². The van der Waals surface area contributed by atoms with Gasteiger partial charge in [0.25, 0.3) is 11.8 Å². The Kier molecular flexibility index (Phi) is 6.34. The van der Waals surface area contributed by atoms with Gasteiger partial charge in [-0.2, -0.15) is 4.99 Å². The molecule has 0 radical (unpaired) electrons. The number of nitrogens with zero attached hydrogens (tertiary/aromatic N) is 3. The second-order valence-corrected chi connectivity index (χ2v) is 8.74. The first-order chi connectivity index (χ1) is 16.5. The Morgan fingerprint density at radius 2 is 1.94 bits per heavy atom. The number of carbonyl (C=O) groups is 2. The van der Waals surface area contributed by atoms with Crippen LogP contribution in [0.3, 0.4) is 0 Å². The summed E-state index contributed by atoms with van der Waals surface area (Å²) in [5, 5.41) is 9.02. The van der Waals surface area contributed by atoms with E-state index in [9.17, 15) is 9.59 Å². The number of rotatable bonds is 5. The number of nitrogens with one attached hydrogen (secondary N) is 3. The molecule has 0 bridgehead atoms. The van der Waals surface area contributed by atoms with E-state index in [2.05, 4.69) is 25.9 Å². The van der Waals surface area contributed by atoms with Crippen LogP contribution >= 0.6 is 11.6 Å². The van der Waals surface area contributed by atoms with Gasteiger partial charge in [0.05, 0.1) is 29.5 Å². The minimum Gasteiger partial charge on any atom is -0.378 e. The van der Waals surface area contributed by atoms with Crippen molar-refractivity contribution in [3.63, 3.8) is 0 Å². The zero-order valence-corrected chi connectivity index (χ0v) is 19.1. The maximum atomic E-state index is 15.3. The summed E-state index contributed by atoms with van der Waals surface area (Å²) < 4.78 is 20.6. The fraction of sp³-hybridized carbons (Fsp3) is 0.391. The van der Waals surface area contributed by atoms with Crippen LogP contribution in [0, 0.1) is 5.82 Å². The molecule has 2 saturated heterocycles. The molecule has 0 spiro atoms. The largest absolute Gasteiger partial charge is 0.378 e. The molecular formula is C23H24ClFN6O3. The lowest BCUT2D eigenvalue weighted by atomic mass is 10.0. The van der Waals surface area contributed by atoms with Crippen molar-refractivity contribution in [2.24, 2.45) is 4.99 Å². The van der Waals surface area contributed by atoms with Crippen molar-refractivity contribution in [3.8, 4) is 0 Å². The lowest BCUT2D eigenvalue weighted by Crippen LogP contribution is -2.40. The lowest BCUT2D eigenvalue weighted by molar-refractivity contribution is 0.0303. The molecule has 0 unspecified atom stereocenters. The molecule has 34 heavy (non-hydrogen) atoms. The number of amides is 2. The van der Waals surface area contributed by atoms with Crippen LogP contribution in [0.25, 0.3) is 0 Å². The van der Waals surface area contributed by atoms with Crippen LogP contribution in [-0.4, -0.2) is 67.1 Å². The number of pyridine rings is 1. The minimum absolute atomic E-state index is 0.116. The predicted molar refractivity (Wildman–Crippen MR) is 125 cm³/mol. The van der Waals surface area contributed by atoms with E-state index < -0.39 is 11.7 Å². The first-order valence-corrected chi connectivity index (χ1v) is 11.6. The third kappa shape index (κ3) is 4.69. The van der Waals surface area contributed by atoms with Gasteiger partial charge in [0, 0.05) is 37.9 Å². The van der Waals surface area contributed by atoms with Gasteiger partial charge in [-0.05, 0) is 42.5 Å². The van der Waals surface area contributed by atoms with E-state index in [0.29, 0.717) is 50.9 Å². The van der Waals surface area contributed by atoms with E-state index in [1.54, 1.807) is 17.0 Å². The normalized spacial score (nSPS) is 17.7. The summed E-state index contributed by atoms with van der Waals surface area (Å²) in [6.07, 6.45) is 3.24. The van der Waals surface area contributed by atoms with Gasteiger partial charge in [0.1, 0.15) is 11.6 Å². The van der Waals surface area contributed by atoms with Crippen LogP contribution in [0.2, 0.25) is 5.02 Å². The molecule has 1 aromatic carbocycles. The minimum atomic E-state index is -0.608. The Morgan fingerprint density at radius 3 is 2.65 bits per heavy atom. The van der Waals surface area contributed by atoms with Crippen molar-refractivity contribution in [1.82, 2.24) is 20.5 Å². The van der Waals surface area contributed by atoms with Gasteiger partial charge >= 0.3 is 0 Å². The predicted octanol–water partition coefficient (Wildman–Crippen LogP) is 2.66. The molecule has 2 aliphatic heterocycles. The number of benzene rings is 1. The zero-order valence-electron chi connectivity index (χ0n) is 18.4. The molecule has 9 nitrogen and oxygen atoms in total. The second-order valence-electron chi connectivity index (χ2n) is 8.37. The van der Waals surface area contributed by atoms with E-state index in [4.69, 9.17) is 16.3 Å². The molecule has 1 aromatic heterocycles. The van der Waals surface area contributed by atoms with Crippen LogP contribution in [0.15, 0.2) is 29.4 Å². The van der Waals surface area contributed by atoms with E-state index >= 15 is 4.39 Å². The van der Waals surface area contributed by atoms with Crippen molar-refractivity contribution in [3.05, 3.63) is 51.9 Å². The first-order valence-electron chi connectivity index (χ1n) is 11.2. The molecule has 178 valence electrons. The summed E-state index contributed by atoms with van der Waals surface area (Å²) in [4.78, 5) is 35.4. The van der Waals surface area contributed by atoms with E-state index in [0.717, 1.165) is 18.9 Å². The Balaban J connectivity index is 1.44. The molecule has 11 heteroatoms. The Morgan fingerprint density at radius 1 is 1.21 bits per heavy atom. The number of aromatic nitrogens is 1. The molecule has 3 fully saturated rings. The highest BCUT2D eigenvalue weighted by molar-refractivity contribution is 6.36. The van der Waals surface area contributed by atoms with E-state index in [-0.39, 0.29) is 39.5 Å². The molecular weight excluding hydrogens is 463 g/mol. The molecule has 3 aliphatic rings. The van der Waals surface area contributed by atoms with Gasteiger partial charge in [-0.1, -0.05) is 11.6 Å². The summed E-state index contributed by atoms with van der Waals surface area (Å²) in [6.45, 7) is 3.25. The summed E-state index contributed by atoms with van der Waals surface area (Å²) in [7, 11) is 0. The number of morpholine rings is 1. The first kappa shape index (κ1) is 22.5. The molecule has 3 N–H and O–H groups in total. The zero-order chi connectivity index (χ0) is 23.7. The van der Waals surface area contributed by atoms with Crippen LogP contribution in [0.1, 0.15) is 45.0 Å². The monoisotopic (exact) mass is 486 g/mol. The second kappa shape index (κ2) is 9.55. The smallest absolute Gasteiger partial charge is 0.280 e. The van der Waals surface area contributed by atoms with Crippen molar-refractivity contribution < 1.29 is 18.7 Å². The number of hydrogen-bond acceptors (Lipinski definition) is 5. The Bertz CT molecular complexity index is 1160. The molecule has 3 heterocycles. The van der Waals surface area contributed by atoms with Gasteiger partial charge in [-0.3, -0.25) is 9.59 Å². The standard InChI is InChI=1S/C23H24ClFN6O3/c24-18-15(22(33)31-7-9-34-10-8-31)3-4-26-20(18)29-19-16(13-1-2-13)11-14(12-17(19)25)21(32)30-23-27-5-6-28-23/h3-4,11-13H,1-2,5-10H2,(H,26,29)(H2,27,28,30,32). The summed E-state index contributed by atoms with van der Waals surface area (Å²) in [5.41, 5.74) is 1.32. The molecule has 0 atom stereocenters. The van der Waals surface area contributed by atoms with Crippen molar-refractivity contribution in [1.29, 1.82) is 0 Å². The number of anilines is 2. The number of hydrogen-bond donors (Lipinski definition) is 3. The molecule has 1 aliphatic carbocycles. The fourth-order valence-electron chi connectivity index (χ4n) is 4.02. The van der Waals surface area contributed by atoms with Crippen LogP contribution in [-0.2, 0) is 4.74 Å². The van der Waals surface area contributed by atoms with E-state index in [1.807, 2.05) is 0 Å². The number of ether oxygens (including phenoxy) is 1. The topological polar surface area (TPSA) is 108 Å². The quantitative estimate of drug-likeness (QED) is 0.596. The maximum Gasteiger partial charge on any atom is 0.280 e. The average Bonchev–Trinajstić information content (AvgIpc) is 3.57. The highest BCUT2D eigenvalue weighted by Crippen LogP contribution is 2.45. The van der Waals surface area contributed by atoms with Crippen molar-refractivity contribution in [2.45, 2.75) is 18.8 Å². The SMILES string of the molecule is O=C(N=C1NCCN1)c1cc(F)c(Nc2nccc(C(=O)N3CCOCC3)c2Cl)c(C2CC2)c1. The molecule has 5 rings (SSSR count). The third-order valence-electron chi connectivity index (χ3n) is 5.97. The Hall–Kier alpha value is -3.24. The molecule has 2 aromatic rings. The number of halogens is 2. The number of aliphatic imine (C=N–C) groups is 1. The third-order valence-corrected chi connectivity index (χ3v) is 6.35. The average molecular weight is 487 g/mol. The van der Waals surface area contributed by atoms with Gasteiger partial charge < -0.3 is 25.6 Å². The summed E-state index contributed by atoms with van der Waals surface area (Å²) in [5.74, 6) is -0.673. The fourth-order valence-corrected chi connectivity index (χ4v) is 4.26. The Labute approximate surface area is 200 Å². The van der Waals surface area contributed by atoms with Gasteiger partial charge in [-0.25, -0.2) is 9.37 Å². The molecule has 2 amide bonds. The van der Waals surface area contributed by atoms with Gasteiger partial charge in [0.15, 0.2) is 5.96 Å². The summed E-state index contributed by atoms with van der Waals surface area (Å²) in [6, 6.07) is 4.38. The highest BCUT2D eigenvalue weighted by atomic mass is 35.5. The highest BCUT2D eigenvalue weighted by Gasteiger charge is 2.30. The van der Waals surface area contributed by atoms with Crippen LogP contribution in [0.5, 0.6) is 0 Å². The van der Waals surface area contributed by atoms with Gasteiger partial charge in [-0.15, -0.1) is 0 Å². The number of guanidine groups is 1. The van der Waals surface area contributed by atoms with Gasteiger partial charge in [0.2, 0.25) is 0 Å². The number of carbonyl (C=O) groups excluding carboxylic acids is 2. The van der Waals surface area contributed by atoms with Crippen molar-refractivity contribution >= 4 is 40.9 Å². The lowest BCUT2D eigenvalue weighted by Gasteiger charge is -2.27. The van der Waals surface area contributed by atoms with Crippen LogP contribution in [0.4, 0.5) is 15.9 Å². The maximum absolute atomic E-state index is 15.3.